The van der Waals surface area contributed by atoms with E-state index in [2.05, 4.69) is 19.2 Å². The number of unbranched alkanes of at least 4 members (excludes halogenated alkanes) is 4. The highest BCUT2D eigenvalue weighted by Gasteiger charge is 1.91. The summed E-state index contributed by atoms with van der Waals surface area (Å²) in [6.45, 7) is 4.49. The number of anilines is 1. The Morgan fingerprint density at radius 3 is 1.94 bits per heavy atom. The maximum Gasteiger partial charge on any atom is 0.0637 e. The third-order valence-electron chi connectivity index (χ3n) is 2.35. The molecule has 0 aliphatic rings. The van der Waals surface area contributed by atoms with Gasteiger partial charge in [0.1, 0.15) is 0 Å². The van der Waals surface area contributed by atoms with Crippen molar-refractivity contribution in [3.63, 3.8) is 0 Å². The smallest absolute Gasteiger partial charge is 0.0637 e. The predicted octanol–water partition coefficient (Wildman–Crippen LogP) is 5.36. The molecule has 0 saturated carbocycles. The highest BCUT2D eigenvalue weighted by molar-refractivity contribution is 6.33. The van der Waals surface area contributed by atoms with Crippen LogP contribution in [0.2, 0.25) is 5.02 Å². The third-order valence-corrected chi connectivity index (χ3v) is 2.68. The largest absolute Gasteiger partial charge is 0.387 e. The quantitative estimate of drug-likeness (QED) is 0.685. The molecule has 1 nitrogen and oxygen atoms in total. The molecule has 0 amide bonds. The number of halogens is 1. The van der Waals surface area contributed by atoms with Gasteiger partial charge in [-0.3, -0.25) is 0 Å². The Labute approximate surface area is 105 Å². The summed E-state index contributed by atoms with van der Waals surface area (Å²) in [5, 5.41) is 3.73. The Morgan fingerprint density at radius 1 is 1.00 bits per heavy atom. The third kappa shape index (κ3) is 7.58. The van der Waals surface area contributed by atoms with Crippen LogP contribution >= 0.6 is 11.6 Å². The number of rotatable bonds is 5. The van der Waals surface area contributed by atoms with Gasteiger partial charge < -0.3 is 5.32 Å². The molecule has 0 aliphatic heterocycles. The Kier molecular flexibility index (Phi) is 10.3. The molecule has 2 heteroatoms. The average Bonchev–Trinajstić information content (AvgIpc) is 2.31. The average molecular weight is 242 g/mol. The Balaban J connectivity index is 0.000000293. The highest BCUT2D eigenvalue weighted by atomic mass is 35.5. The van der Waals surface area contributed by atoms with Crippen LogP contribution in [-0.2, 0) is 0 Å². The van der Waals surface area contributed by atoms with E-state index in [9.17, 15) is 0 Å². The van der Waals surface area contributed by atoms with E-state index in [4.69, 9.17) is 11.6 Å². The monoisotopic (exact) mass is 241 g/mol. The summed E-state index contributed by atoms with van der Waals surface area (Å²) in [5.74, 6) is 0. The molecular weight excluding hydrogens is 218 g/mol. The number of hydrogen-bond donors (Lipinski definition) is 1. The molecule has 92 valence electrons. The summed E-state index contributed by atoms with van der Waals surface area (Å²) in [7, 11) is 1.85. The molecule has 0 bridgehead atoms. The van der Waals surface area contributed by atoms with Crippen molar-refractivity contribution >= 4 is 17.3 Å². The van der Waals surface area contributed by atoms with Crippen molar-refractivity contribution in [3.05, 3.63) is 29.3 Å². The zero-order valence-corrected chi connectivity index (χ0v) is 11.5. The van der Waals surface area contributed by atoms with Gasteiger partial charge in [0.2, 0.25) is 0 Å². The topological polar surface area (TPSA) is 12.0 Å². The Hall–Kier alpha value is -0.690. The van der Waals surface area contributed by atoms with Crippen LogP contribution in [0.3, 0.4) is 0 Å². The minimum absolute atomic E-state index is 0.764. The highest BCUT2D eigenvalue weighted by Crippen LogP contribution is 2.18. The molecule has 0 unspecified atom stereocenters. The maximum absolute atomic E-state index is 5.76. The fourth-order valence-electron chi connectivity index (χ4n) is 1.34. The zero-order chi connectivity index (χ0) is 12.2. The van der Waals surface area contributed by atoms with Crippen LogP contribution in [0.4, 0.5) is 5.69 Å². The fraction of sp³-hybridized carbons (Fsp3) is 0.571. The van der Waals surface area contributed by atoms with Crippen molar-refractivity contribution in [3.8, 4) is 0 Å². The summed E-state index contributed by atoms with van der Waals surface area (Å²) >= 11 is 5.76. The van der Waals surface area contributed by atoms with Crippen molar-refractivity contribution in [2.75, 3.05) is 12.4 Å². The molecular formula is C14H24ClN. The van der Waals surface area contributed by atoms with E-state index >= 15 is 0 Å². The standard InChI is InChI=1S/C7H8ClN.C7H16/c1-9-7-5-3-2-4-6(7)8;1-3-5-7-6-4-2/h2-5,9H,1H3;3-7H2,1-2H3. The first-order valence-electron chi connectivity index (χ1n) is 6.18. The predicted molar refractivity (Wildman–Crippen MR) is 75.4 cm³/mol. The molecule has 0 atom stereocenters. The van der Waals surface area contributed by atoms with E-state index in [0.29, 0.717) is 0 Å². The van der Waals surface area contributed by atoms with Crippen LogP contribution in [0.5, 0.6) is 0 Å². The van der Waals surface area contributed by atoms with Crippen molar-refractivity contribution in [2.45, 2.75) is 46.0 Å². The van der Waals surface area contributed by atoms with Crippen LogP contribution < -0.4 is 5.32 Å². The van der Waals surface area contributed by atoms with Gasteiger partial charge >= 0.3 is 0 Å². The molecule has 0 spiro atoms. The van der Waals surface area contributed by atoms with Crippen molar-refractivity contribution in [1.82, 2.24) is 0 Å². The van der Waals surface area contributed by atoms with Gasteiger partial charge in [0.25, 0.3) is 0 Å². The molecule has 16 heavy (non-hydrogen) atoms. The summed E-state index contributed by atoms with van der Waals surface area (Å²) in [4.78, 5) is 0. The van der Waals surface area contributed by atoms with Crippen LogP contribution in [0.1, 0.15) is 46.0 Å². The maximum atomic E-state index is 5.76. The molecule has 1 N–H and O–H groups in total. The first-order chi connectivity index (χ1) is 7.76. The molecule has 1 aromatic rings. The van der Waals surface area contributed by atoms with E-state index in [1.54, 1.807) is 0 Å². The molecule has 1 rings (SSSR count). The summed E-state index contributed by atoms with van der Waals surface area (Å²) in [6, 6.07) is 7.64. The Bertz CT molecular complexity index is 257. The summed E-state index contributed by atoms with van der Waals surface area (Å²) in [6.07, 6.45) is 7.01. The van der Waals surface area contributed by atoms with Crippen LogP contribution in [0.25, 0.3) is 0 Å². The molecule has 0 aliphatic carbocycles. The lowest BCUT2D eigenvalue weighted by Gasteiger charge is -1.99. The first kappa shape index (κ1) is 15.3. The van der Waals surface area contributed by atoms with E-state index in [-0.39, 0.29) is 0 Å². The van der Waals surface area contributed by atoms with Gasteiger partial charge in [-0.1, -0.05) is 69.7 Å². The van der Waals surface area contributed by atoms with Crippen molar-refractivity contribution in [1.29, 1.82) is 0 Å². The van der Waals surface area contributed by atoms with Gasteiger partial charge in [-0.2, -0.15) is 0 Å². The second kappa shape index (κ2) is 10.8. The molecule has 0 fully saturated rings. The van der Waals surface area contributed by atoms with Gasteiger partial charge in [-0.05, 0) is 12.1 Å². The number of para-hydroxylation sites is 1. The summed E-state index contributed by atoms with van der Waals surface area (Å²) in [5.41, 5.74) is 0.971. The lowest BCUT2D eigenvalue weighted by Crippen LogP contribution is -1.86. The van der Waals surface area contributed by atoms with E-state index in [1.807, 2.05) is 31.3 Å². The molecule has 0 radical (unpaired) electrons. The van der Waals surface area contributed by atoms with E-state index in [0.717, 1.165) is 10.7 Å². The van der Waals surface area contributed by atoms with Crippen molar-refractivity contribution < 1.29 is 0 Å². The summed E-state index contributed by atoms with van der Waals surface area (Å²) < 4.78 is 0. The molecule has 0 aromatic heterocycles. The fourth-order valence-corrected chi connectivity index (χ4v) is 1.57. The normalized spacial score (nSPS) is 9.25. The minimum atomic E-state index is 0.764. The molecule has 1 aromatic carbocycles. The van der Waals surface area contributed by atoms with Crippen molar-refractivity contribution in [2.24, 2.45) is 0 Å². The van der Waals surface area contributed by atoms with E-state index in [1.165, 1.54) is 32.1 Å². The van der Waals surface area contributed by atoms with Gasteiger partial charge in [0, 0.05) is 7.05 Å². The van der Waals surface area contributed by atoms with E-state index < -0.39 is 0 Å². The zero-order valence-electron chi connectivity index (χ0n) is 10.7. The van der Waals surface area contributed by atoms with Crippen LogP contribution in [-0.4, -0.2) is 7.05 Å². The van der Waals surface area contributed by atoms with Crippen LogP contribution in [0, 0.1) is 0 Å². The minimum Gasteiger partial charge on any atom is -0.387 e. The van der Waals surface area contributed by atoms with Gasteiger partial charge in [0.05, 0.1) is 10.7 Å². The lowest BCUT2D eigenvalue weighted by atomic mass is 10.2. The second-order valence-electron chi connectivity index (χ2n) is 3.79. The number of hydrogen-bond acceptors (Lipinski definition) is 1. The van der Waals surface area contributed by atoms with Crippen LogP contribution in [0.15, 0.2) is 24.3 Å². The first-order valence-corrected chi connectivity index (χ1v) is 6.56. The molecule has 0 heterocycles. The number of benzene rings is 1. The number of nitrogens with one attached hydrogen (secondary N) is 1. The second-order valence-corrected chi connectivity index (χ2v) is 4.20. The van der Waals surface area contributed by atoms with Gasteiger partial charge in [-0.15, -0.1) is 0 Å². The van der Waals surface area contributed by atoms with Gasteiger partial charge in [0.15, 0.2) is 0 Å². The Morgan fingerprint density at radius 2 is 1.56 bits per heavy atom. The molecule has 0 saturated heterocycles. The van der Waals surface area contributed by atoms with Gasteiger partial charge in [-0.25, -0.2) is 0 Å². The lowest BCUT2D eigenvalue weighted by molar-refractivity contribution is 0.656. The SMILES string of the molecule is CCCCCCC.CNc1ccccc1Cl.